The van der Waals surface area contributed by atoms with Crippen LogP contribution in [0.5, 0.6) is 0 Å². The summed E-state index contributed by atoms with van der Waals surface area (Å²) in [5, 5.41) is 2.84. The molecule has 1 unspecified atom stereocenters. The van der Waals surface area contributed by atoms with Crippen molar-refractivity contribution in [2.75, 3.05) is 20.3 Å². The SMILES string of the molecule is COCC(Br)CNC(=O)c1cccc2nccnc12. The van der Waals surface area contributed by atoms with Crippen LogP contribution in [0.15, 0.2) is 30.6 Å². The van der Waals surface area contributed by atoms with Gasteiger partial charge in [0, 0.05) is 26.0 Å². The average molecular weight is 324 g/mol. The molecule has 1 aromatic heterocycles. The molecule has 19 heavy (non-hydrogen) atoms. The summed E-state index contributed by atoms with van der Waals surface area (Å²) in [5.41, 5.74) is 1.85. The molecule has 6 heteroatoms. The Balaban J connectivity index is 2.13. The number of amides is 1. The molecular formula is C13H14BrN3O2. The summed E-state index contributed by atoms with van der Waals surface area (Å²) in [6, 6.07) is 5.37. The van der Waals surface area contributed by atoms with Gasteiger partial charge in [0.1, 0.15) is 5.52 Å². The molecule has 1 heterocycles. The van der Waals surface area contributed by atoms with Gasteiger partial charge in [-0.3, -0.25) is 14.8 Å². The first-order chi connectivity index (χ1) is 9.22. The van der Waals surface area contributed by atoms with Crippen LogP contribution in [0.2, 0.25) is 0 Å². The lowest BCUT2D eigenvalue weighted by Crippen LogP contribution is -2.31. The van der Waals surface area contributed by atoms with Gasteiger partial charge in [0.2, 0.25) is 0 Å². The Morgan fingerprint density at radius 3 is 3.00 bits per heavy atom. The zero-order chi connectivity index (χ0) is 13.7. The standard InChI is InChI=1S/C13H14BrN3O2/c1-19-8-9(14)7-17-13(18)10-3-2-4-11-12(10)16-6-5-15-11/h2-6,9H,7-8H2,1H3,(H,17,18). The number of para-hydroxylation sites is 1. The van der Waals surface area contributed by atoms with Crippen LogP contribution >= 0.6 is 15.9 Å². The van der Waals surface area contributed by atoms with Crippen molar-refractivity contribution in [1.29, 1.82) is 0 Å². The fraction of sp³-hybridized carbons (Fsp3) is 0.308. The number of nitrogens with one attached hydrogen (secondary N) is 1. The van der Waals surface area contributed by atoms with Gasteiger partial charge in [-0.15, -0.1) is 0 Å². The number of halogens is 1. The van der Waals surface area contributed by atoms with E-state index in [0.717, 1.165) is 0 Å². The van der Waals surface area contributed by atoms with Gasteiger partial charge in [-0.25, -0.2) is 0 Å². The van der Waals surface area contributed by atoms with E-state index in [1.165, 1.54) is 0 Å². The molecule has 2 aromatic rings. The first-order valence-electron chi connectivity index (χ1n) is 5.83. The number of carbonyl (C=O) groups excluding carboxylic acids is 1. The molecule has 0 bridgehead atoms. The van der Waals surface area contributed by atoms with Crippen molar-refractivity contribution in [3.63, 3.8) is 0 Å². The Morgan fingerprint density at radius 1 is 1.42 bits per heavy atom. The maximum Gasteiger partial charge on any atom is 0.253 e. The second-order valence-corrected chi connectivity index (χ2v) is 5.29. The maximum atomic E-state index is 12.1. The number of nitrogens with zero attached hydrogens (tertiary/aromatic N) is 2. The third-order valence-corrected chi connectivity index (χ3v) is 3.16. The smallest absolute Gasteiger partial charge is 0.253 e. The highest BCUT2D eigenvalue weighted by Gasteiger charge is 2.12. The van der Waals surface area contributed by atoms with Crippen LogP contribution in [-0.2, 0) is 4.74 Å². The largest absolute Gasteiger partial charge is 0.383 e. The molecule has 0 aliphatic rings. The number of fused-ring (bicyclic) bond motifs is 1. The van der Waals surface area contributed by atoms with Crippen molar-refractivity contribution in [1.82, 2.24) is 15.3 Å². The predicted molar refractivity (Wildman–Crippen MR) is 76.5 cm³/mol. The van der Waals surface area contributed by atoms with E-state index in [-0.39, 0.29) is 10.7 Å². The Bertz CT molecular complexity index is 571. The van der Waals surface area contributed by atoms with Gasteiger partial charge < -0.3 is 10.1 Å². The molecular weight excluding hydrogens is 310 g/mol. The van der Waals surface area contributed by atoms with E-state index in [9.17, 15) is 4.79 Å². The number of rotatable bonds is 5. The molecule has 1 aromatic carbocycles. The van der Waals surface area contributed by atoms with Crippen molar-refractivity contribution in [3.05, 3.63) is 36.2 Å². The van der Waals surface area contributed by atoms with Gasteiger partial charge in [-0.05, 0) is 12.1 Å². The maximum absolute atomic E-state index is 12.1. The molecule has 1 amide bonds. The summed E-state index contributed by atoms with van der Waals surface area (Å²) in [5.74, 6) is -0.161. The predicted octanol–water partition coefficient (Wildman–Crippen LogP) is 1.77. The number of ether oxygens (including phenoxy) is 1. The van der Waals surface area contributed by atoms with Crippen LogP contribution in [0.4, 0.5) is 0 Å². The Hall–Kier alpha value is -1.53. The minimum Gasteiger partial charge on any atom is -0.383 e. The van der Waals surface area contributed by atoms with E-state index in [1.807, 2.05) is 6.07 Å². The van der Waals surface area contributed by atoms with Crippen LogP contribution < -0.4 is 5.32 Å². The summed E-state index contributed by atoms with van der Waals surface area (Å²) < 4.78 is 4.99. The van der Waals surface area contributed by atoms with E-state index >= 15 is 0 Å². The highest BCUT2D eigenvalue weighted by atomic mass is 79.9. The second kappa shape index (κ2) is 6.58. The molecule has 0 fully saturated rings. The van der Waals surface area contributed by atoms with Crippen molar-refractivity contribution in [3.8, 4) is 0 Å². The molecule has 0 saturated carbocycles. The van der Waals surface area contributed by atoms with Gasteiger partial charge in [-0.2, -0.15) is 0 Å². The Labute approximate surface area is 119 Å². The first-order valence-corrected chi connectivity index (χ1v) is 6.75. The summed E-state index contributed by atoms with van der Waals surface area (Å²) in [4.78, 5) is 20.6. The van der Waals surface area contributed by atoms with Crippen LogP contribution in [0.3, 0.4) is 0 Å². The van der Waals surface area contributed by atoms with Gasteiger partial charge in [-0.1, -0.05) is 22.0 Å². The minimum atomic E-state index is -0.161. The van der Waals surface area contributed by atoms with Crippen molar-refractivity contribution in [2.24, 2.45) is 0 Å². The van der Waals surface area contributed by atoms with Crippen molar-refractivity contribution < 1.29 is 9.53 Å². The zero-order valence-electron chi connectivity index (χ0n) is 10.5. The molecule has 1 atom stereocenters. The molecule has 2 rings (SSSR count). The Morgan fingerprint density at radius 2 is 2.21 bits per heavy atom. The zero-order valence-corrected chi connectivity index (χ0v) is 12.1. The monoisotopic (exact) mass is 323 g/mol. The molecule has 5 nitrogen and oxygen atoms in total. The summed E-state index contributed by atoms with van der Waals surface area (Å²) in [6.45, 7) is 1.03. The minimum absolute atomic E-state index is 0.0857. The summed E-state index contributed by atoms with van der Waals surface area (Å²) in [6.07, 6.45) is 3.19. The number of hydrogen-bond donors (Lipinski definition) is 1. The van der Waals surface area contributed by atoms with Crippen molar-refractivity contribution in [2.45, 2.75) is 4.83 Å². The molecule has 0 radical (unpaired) electrons. The van der Waals surface area contributed by atoms with E-state index in [0.29, 0.717) is 29.7 Å². The molecule has 0 aliphatic heterocycles. The van der Waals surface area contributed by atoms with Crippen molar-refractivity contribution >= 4 is 32.9 Å². The third-order valence-electron chi connectivity index (χ3n) is 2.57. The normalized spacial score (nSPS) is 12.3. The number of methoxy groups -OCH3 is 1. The summed E-state index contributed by atoms with van der Waals surface area (Å²) in [7, 11) is 1.62. The van der Waals surface area contributed by atoms with Crippen LogP contribution in [-0.4, -0.2) is 41.0 Å². The van der Waals surface area contributed by atoms with Gasteiger partial charge in [0.05, 0.1) is 22.5 Å². The number of alkyl halides is 1. The topological polar surface area (TPSA) is 64.1 Å². The molecule has 0 saturated heterocycles. The van der Waals surface area contributed by atoms with E-state index in [1.54, 1.807) is 31.6 Å². The quantitative estimate of drug-likeness (QED) is 0.852. The number of hydrogen-bond acceptors (Lipinski definition) is 4. The van der Waals surface area contributed by atoms with E-state index < -0.39 is 0 Å². The van der Waals surface area contributed by atoms with E-state index in [2.05, 4.69) is 31.2 Å². The molecule has 0 aliphatic carbocycles. The molecule has 100 valence electrons. The van der Waals surface area contributed by atoms with Gasteiger partial charge in [0.25, 0.3) is 5.91 Å². The van der Waals surface area contributed by atoms with Gasteiger partial charge >= 0.3 is 0 Å². The lowest BCUT2D eigenvalue weighted by atomic mass is 10.1. The Kier molecular flexibility index (Phi) is 4.81. The van der Waals surface area contributed by atoms with Crippen LogP contribution in [0, 0.1) is 0 Å². The highest BCUT2D eigenvalue weighted by molar-refractivity contribution is 9.09. The first kappa shape index (κ1) is 13.9. The second-order valence-electron chi connectivity index (χ2n) is 3.99. The third kappa shape index (κ3) is 3.48. The number of carbonyl (C=O) groups is 1. The fourth-order valence-electron chi connectivity index (χ4n) is 1.71. The fourth-order valence-corrected chi connectivity index (χ4v) is 2.14. The molecule has 1 N–H and O–H groups in total. The number of aromatic nitrogens is 2. The van der Waals surface area contributed by atoms with E-state index in [4.69, 9.17) is 4.74 Å². The lowest BCUT2D eigenvalue weighted by Gasteiger charge is -2.10. The van der Waals surface area contributed by atoms with Crippen LogP contribution in [0.1, 0.15) is 10.4 Å². The van der Waals surface area contributed by atoms with Crippen LogP contribution in [0.25, 0.3) is 11.0 Å². The average Bonchev–Trinajstić information content (AvgIpc) is 2.44. The highest BCUT2D eigenvalue weighted by Crippen LogP contribution is 2.13. The summed E-state index contributed by atoms with van der Waals surface area (Å²) >= 11 is 3.42. The lowest BCUT2D eigenvalue weighted by molar-refractivity contribution is 0.0951. The molecule has 0 spiro atoms. The number of benzene rings is 1. The van der Waals surface area contributed by atoms with Gasteiger partial charge in [0.15, 0.2) is 0 Å².